The maximum atomic E-state index is 11.4. The van der Waals surface area contributed by atoms with Crippen molar-refractivity contribution in [3.8, 4) is 17.6 Å². The van der Waals surface area contributed by atoms with Gasteiger partial charge in [-0.2, -0.15) is 0 Å². The van der Waals surface area contributed by atoms with E-state index in [0.29, 0.717) is 30.1 Å². The maximum Gasteiger partial charge on any atom is 0.407 e. The molecule has 6 nitrogen and oxygen atoms in total. The molecule has 0 aliphatic heterocycles. The SMILES string of the molecule is COc1cc(C#CCCNC(=O)OC(C)(C)C)cnc1N. The first-order chi connectivity index (χ1) is 9.81. The second-order valence-electron chi connectivity index (χ2n) is 5.29. The van der Waals surface area contributed by atoms with E-state index in [1.807, 2.05) is 20.8 Å². The molecule has 1 aromatic rings. The number of carbonyl (C=O) groups is 1. The number of pyridine rings is 1. The molecule has 1 aromatic heterocycles. The van der Waals surface area contributed by atoms with Crippen LogP contribution in [0, 0.1) is 11.8 Å². The Balaban J connectivity index is 2.42. The van der Waals surface area contributed by atoms with Crippen LogP contribution in [0.3, 0.4) is 0 Å². The Hall–Kier alpha value is -2.42. The second kappa shape index (κ2) is 7.39. The van der Waals surface area contributed by atoms with Crippen LogP contribution in [0.5, 0.6) is 5.75 Å². The predicted molar refractivity (Wildman–Crippen MR) is 80.9 cm³/mol. The van der Waals surface area contributed by atoms with Crippen LogP contribution < -0.4 is 15.8 Å². The van der Waals surface area contributed by atoms with Crippen molar-refractivity contribution in [3.63, 3.8) is 0 Å². The lowest BCUT2D eigenvalue weighted by molar-refractivity contribution is 0.0529. The number of nitrogens with two attached hydrogens (primary N) is 1. The highest BCUT2D eigenvalue weighted by Crippen LogP contribution is 2.18. The molecule has 0 atom stereocenters. The van der Waals surface area contributed by atoms with Gasteiger partial charge in [0.05, 0.1) is 7.11 Å². The van der Waals surface area contributed by atoms with Crippen molar-refractivity contribution in [1.29, 1.82) is 0 Å². The largest absolute Gasteiger partial charge is 0.493 e. The van der Waals surface area contributed by atoms with Crippen LogP contribution >= 0.6 is 0 Å². The Bertz CT molecular complexity index is 554. The van der Waals surface area contributed by atoms with Gasteiger partial charge in [0, 0.05) is 30.8 Å². The number of aromatic nitrogens is 1. The van der Waals surface area contributed by atoms with Gasteiger partial charge in [-0.15, -0.1) is 0 Å². The van der Waals surface area contributed by atoms with Gasteiger partial charge in [-0.05, 0) is 20.8 Å². The normalized spacial score (nSPS) is 10.3. The van der Waals surface area contributed by atoms with E-state index < -0.39 is 11.7 Å². The molecule has 0 unspecified atom stereocenters. The van der Waals surface area contributed by atoms with Gasteiger partial charge in [0.15, 0.2) is 11.6 Å². The first-order valence-electron chi connectivity index (χ1n) is 6.57. The summed E-state index contributed by atoms with van der Waals surface area (Å²) in [6.07, 6.45) is 1.64. The van der Waals surface area contributed by atoms with Crippen LogP contribution in [0.2, 0.25) is 0 Å². The van der Waals surface area contributed by atoms with Crippen LogP contribution in [0.25, 0.3) is 0 Å². The van der Waals surface area contributed by atoms with Crippen LogP contribution in [-0.4, -0.2) is 30.3 Å². The predicted octanol–water partition coefficient (Wildman–Crippen LogP) is 1.94. The van der Waals surface area contributed by atoms with Crippen LogP contribution in [-0.2, 0) is 4.74 Å². The summed E-state index contributed by atoms with van der Waals surface area (Å²) in [6.45, 7) is 5.86. The Morgan fingerprint density at radius 1 is 1.48 bits per heavy atom. The highest BCUT2D eigenvalue weighted by atomic mass is 16.6. The molecule has 0 spiro atoms. The highest BCUT2D eigenvalue weighted by Gasteiger charge is 2.15. The number of amides is 1. The fourth-order valence-electron chi connectivity index (χ4n) is 1.39. The lowest BCUT2D eigenvalue weighted by Gasteiger charge is -2.19. The number of nitrogen functional groups attached to an aromatic ring is 1. The Kier molecular flexibility index (Phi) is 5.85. The molecule has 0 saturated carbocycles. The Labute approximate surface area is 125 Å². The third-order valence-corrected chi connectivity index (χ3v) is 2.25. The van der Waals surface area contributed by atoms with E-state index in [2.05, 4.69) is 22.1 Å². The van der Waals surface area contributed by atoms with Gasteiger partial charge in [-0.1, -0.05) is 11.8 Å². The molecule has 114 valence electrons. The van der Waals surface area contributed by atoms with Crippen molar-refractivity contribution < 1.29 is 14.3 Å². The molecule has 0 saturated heterocycles. The number of methoxy groups -OCH3 is 1. The molecule has 21 heavy (non-hydrogen) atoms. The highest BCUT2D eigenvalue weighted by molar-refractivity contribution is 5.67. The van der Waals surface area contributed by atoms with Crippen molar-refractivity contribution >= 4 is 11.9 Å². The van der Waals surface area contributed by atoms with E-state index in [1.165, 1.54) is 7.11 Å². The maximum absolute atomic E-state index is 11.4. The number of rotatable bonds is 3. The van der Waals surface area contributed by atoms with Gasteiger partial charge < -0.3 is 20.5 Å². The van der Waals surface area contributed by atoms with Gasteiger partial charge in [0.2, 0.25) is 0 Å². The van der Waals surface area contributed by atoms with Gasteiger partial charge in [0.1, 0.15) is 5.60 Å². The minimum absolute atomic E-state index is 0.328. The van der Waals surface area contributed by atoms with Crippen molar-refractivity contribution in [2.75, 3.05) is 19.4 Å². The topological polar surface area (TPSA) is 86.5 Å². The summed E-state index contributed by atoms with van der Waals surface area (Å²) < 4.78 is 10.2. The second-order valence-corrected chi connectivity index (χ2v) is 5.29. The molecule has 1 heterocycles. The molecule has 6 heteroatoms. The van der Waals surface area contributed by atoms with E-state index >= 15 is 0 Å². The Morgan fingerprint density at radius 2 is 2.19 bits per heavy atom. The first kappa shape index (κ1) is 16.6. The van der Waals surface area contributed by atoms with Crippen molar-refractivity contribution in [3.05, 3.63) is 17.8 Å². The number of carbonyl (C=O) groups excluding carboxylic acids is 1. The smallest absolute Gasteiger partial charge is 0.407 e. The molecule has 0 bridgehead atoms. The van der Waals surface area contributed by atoms with Crippen molar-refractivity contribution in [2.45, 2.75) is 32.8 Å². The van der Waals surface area contributed by atoms with E-state index in [4.69, 9.17) is 15.2 Å². The van der Waals surface area contributed by atoms with Gasteiger partial charge in [0.25, 0.3) is 0 Å². The molecule has 0 fully saturated rings. The third kappa shape index (κ3) is 6.52. The lowest BCUT2D eigenvalue weighted by atomic mass is 10.2. The summed E-state index contributed by atoms with van der Waals surface area (Å²) in [5.74, 6) is 6.68. The minimum Gasteiger partial charge on any atom is -0.493 e. The number of nitrogens with zero attached hydrogens (tertiary/aromatic N) is 1. The fourth-order valence-corrected chi connectivity index (χ4v) is 1.39. The number of hydrogen-bond acceptors (Lipinski definition) is 5. The number of ether oxygens (including phenoxy) is 2. The zero-order valence-electron chi connectivity index (χ0n) is 12.8. The van der Waals surface area contributed by atoms with E-state index in [1.54, 1.807) is 12.3 Å². The van der Waals surface area contributed by atoms with Crippen LogP contribution in [0.4, 0.5) is 10.6 Å². The zero-order chi connectivity index (χ0) is 15.9. The standard InChI is InChI=1S/C15H21N3O3/c1-15(2,3)21-14(19)17-8-6-5-7-11-9-12(20-4)13(16)18-10-11/h9-10H,6,8H2,1-4H3,(H2,16,18)(H,17,19). The average Bonchev–Trinajstić information content (AvgIpc) is 2.38. The van der Waals surface area contributed by atoms with Gasteiger partial charge in [-0.25, -0.2) is 9.78 Å². The van der Waals surface area contributed by atoms with Crippen LogP contribution in [0.15, 0.2) is 12.3 Å². The van der Waals surface area contributed by atoms with Gasteiger partial charge >= 0.3 is 6.09 Å². The van der Waals surface area contributed by atoms with E-state index in [-0.39, 0.29) is 0 Å². The molecule has 0 radical (unpaired) electrons. The molecule has 1 amide bonds. The molecule has 1 rings (SSSR count). The Morgan fingerprint density at radius 3 is 2.81 bits per heavy atom. The molecule has 3 N–H and O–H groups in total. The fraction of sp³-hybridized carbons (Fsp3) is 0.467. The molecule has 0 aliphatic carbocycles. The number of alkyl carbamates (subject to hydrolysis) is 1. The summed E-state index contributed by atoms with van der Waals surface area (Å²) in [6, 6.07) is 1.72. The molecular formula is C15H21N3O3. The van der Waals surface area contributed by atoms with Crippen molar-refractivity contribution in [1.82, 2.24) is 10.3 Å². The quantitative estimate of drug-likeness (QED) is 0.656. The van der Waals surface area contributed by atoms with Crippen molar-refractivity contribution in [2.24, 2.45) is 0 Å². The first-order valence-corrected chi connectivity index (χ1v) is 6.57. The lowest BCUT2D eigenvalue weighted by Crippen LogP contribution is -2.32. The summed E-state index contributed by atoms with van der Waals surface area (Å²) in [4.78, 5) is 15.4. The minimum atomic E-state index is -0.498. The molecular weight excluding hydrogens is 270 g/mol. The summed E-state index contributed by atoms with van der Waals surface area (Å²) in [5.41, 5.74) is 5.82. The number of nitrogens with one attached hydrogen (secondary N) is 1. The molecule has 0 aromatic carbocycles. The summed E-state index contributed by atoms with van der Waals surface area (Å²) >= 11 is 0. The van der Waals surface area contributed by atoms with E-state index in [0.717, 1.165) is 0 Å². The summed E-state index contributed by atoms with van der Waals surface area (Å²) in [7, 11) is 1.52. The van der Waals surface area contributed by atoms with Crippen LogP contribution in [0.1, 0.15) is 32.8 Å². The number of anilines is 1. The third-order valence-electron chi connectivity index (χ3n) is 2.25. The summed E-state index contributed by atoms with van der Waals surface area (Å²) in [5, 5.41) is 2.63. The molecule has 0 aliphatic rings. The van der Waals surface area contributed by atoms with E-state index in [9.17, 15) is 4.79 Å². The monoisotopic (exact) mass is 291 g/mol. The average molecular weight is 291 g/mol. The zero-order valence-corrected chi connectivity index (χ0v) is 12.8. The van der Waals surface area contributed by atoms with Gasteiger partial charge in [-0.3, -0.25) is 0 Å². The number of hydrogen-bond donors (Lipinski definition) is 2.